The topological polar surface area (TPSA) is 138 Å². The maximum absolute atomic E-state index is 14.1. The molecular weight excluding hydrogens is 395 g/mol. The van der Waals surface area contributed by atoms with Gasteiger partial charge in [0, 0.05) is 5.69 Å². The molecule has 28 heavy (non-hydrogen) atoms. The molecular formula is C16H17FN4O6S. The number of aliphatic hydroxyl groups excluding tert-OH is 3. The number of hydrogen-bond donors (Lipinski definition) is 5. The van der Waals surface area contributed by atoms with Gasteiger partial charge in [-0.2, -0.15) is 9.07 Å². The molecule has 10 nitrogen and oxygen atoms in total. The van der Waals surface area contributed by atoms with E-state index in [1.807, 2.05) is 0 Å². The number of rotatable bonds is 4. The Balaban J connectivity index is 1.91. The smallest absolute Gasteiger partial charge is 0.352 e. The highest BCUT2D eigenvalue weighted by atomic mass is 32.1. The van der Waals surface area contributed by atoms with Gasteiger partial charge in [0.1, 0.15) is 18.3 Å². The lowest BCUT2D eigenvalue weighted by Crippen LogP contribution is -2.50. The van der Waals surface area contributed by atoms with E-state index in [2.05, 4.69) is 10.7 Å². The number of hydrogen-bond acceptors (Lipinski definition) is 7. The highest BCUT2D eigenvalue weighted by molar-refractivity contribution is 7.80. The molecule has 2 heterocycles. The number of nitrogens with zero attached hydrogens (tertiary/aromatic N) is 2. The third kappa shape index (κ3) is 3.81. The molecule has 150 valence electrons. The van der Waals surface area contributed by atoms with Crippen molar-refractivity contribution in [3.05, 3.63) is 63.2 Å². The van der Waals surface area contributed by atoms with Gasteiger partial charge in [-0.15, -0.1) is 0 Å². The van der Waals surface area contributed by atoms with Crippen molar-refractivity contribution >= 4 is 23.0 Å². The van der Waals surface area contributed by atoms with Crippen molar-refractivity contribution in [3.63, 3.8) is 0 Å². The first-order chi connectivity index (χ1) is 13.3. The molecule has 0 saturated carbocycles. The van der Waals surface area contributed by atoms with E-state index >= 15 is 0 Å². The van der Waals surface area contributed by atoms with Gasteiger partial charge in [0.15, 0.2) is 11.3 Å². The lowest BCUT2D eigenvalue weighted by molar-refractivity contribution is -0.0558. The highest BCUT2D eigenvalue weighted by Gasteiger charge is 2.44. The third-order valence-corrected chi connectivity index (χ3v) is 4.30. The molecule has 2 aromatic rings. The Labute approximate surface area is 162 Å². The number of anilines is 1. The van der Waals surface area contributed by atoms with E-state index in [4.69, 9.17) is 22.1 Å². The van der Waals surface area contributed by atoms with Crippen molar-refractivity contribution < 1.29 is 24.4 Å². The van der Waals surface area contributed by atoms with E-state index in [-0.39, 0.29) is 5.11 Å². The fourth-order valence-corrected chi connectivity index (χ4v) is 2.92. The van der Waals surface area contributed by atoms with Crippen molar-refractivity contribution in [3.8, 4) is 0 Å². The van der Waals surface area contributed by atoms with Gasteiger partial charge in [-0.05, 0) is 24.4 Å². The Bertz CT molecular complexity index is 981. The van der Waals surface area contributed by atoms with Gasteiger partial charge in [-0.1, -0.05) is 18.2 Å². The largest absolute Gasteiger partial charge is 0.394 e. The lowest BCUT2D eigenvalue weighted by atomic mass is 10.1. The van der Waals surface area contributed by atoms with E-state index in [1.54, 1.807) is 30.3 Å². The fraction of sp³-hybridized carbons (Fsp3) is 0.312. The Hall–Kier alpha value is -2.64. The molecule has 0 aliphatic carbocycles. The van der Waals surface area contributed by atoms with Crippen molar-refractivity contribution in [2.24, 2.45) is 0 Å². The average molecular weight is 412 g/mol. The molecule has 5 N–H and O–H groups in total. The maximum Gasteiger partial charge on any atom is 0.352 e. The van der Waals surface area contributed by atoms with E-state index in [9.17, 15) is 24.2 Å². The quantitative estimate of drug-likeness (QED) is 0.388. The van der Waals surface area contributed by atoms with Gasteiger partial charge >= 0.3 is 11.2 Å². The summed E-state index contributed by atoms with van der Waals surface area (Å²) in [5.74, 6) is -1.33. The zero-order valence-electron chi connectivity index (χ0n) is 14.2. The van der Waals surface area contributed by atoms with E-state index in [0.29, 0.717) is 21.1 Å². The van der Waals surface area contributed by atoms with E-state index in [1.165, 1.54) is 0 Å². The summed E-state index contributed by atoms with van der Waals surface area (Å²) in [6, 6.07) is 8.60. The van der Waals surface area contributed by atoms with Crippen LogP contribution >= 0.6 is 12.2 Å². The summed E-state index contributed by atoms with van der Waals surface area (Å²) < 4.78 is 20.2. The molecule has 0 spiro atoms. The van der Waals surface area contributed by atoms with Crippen LogP contribution in [-0.2, 0) is 4.74 Å². The predicted molar refractivity (Wildman–Crippen MR) is 100.0 cm³/mol. The van der Waals surface area contributed by atoms with Gasteiger partial charge in [-0.25, -0.2) is 4.79 Å². The normalized spacial score (nSPS) is 24.1. The zero-order chi connectivity index (χ0) is 20.4. The zero-order valence-corrected chi connectivity index (χ0v) is 15.0. The van der Waals surface area contributed by atoms with Crippen LogP contribution in [0, 0.1) is 5.82 Å². The standard InChI is InChI=1S/C16H17FN4O6S/c17-9-6-20(14-12(24)11(23)10(7-22)27-14)16(26)21(13(9)25)19-15(28)18-8-4-2-1-3-5-8/h1-6,10-12,14,22-24H,7H2,(H2,18,19,28)/t10-,11-,12-,14-/m1/s1. The first-order valence-electron chi connectivity index (χ1n) is 8.12. The van der Waals surface area contributed by atoms with Crippen molar-refractivity contribution in [2.45, 2.75) is 24.5 Å². The summed E-state index contributed by atoms with van der Waals surface area (Å²) in [5, 5.41) is 31.6. The van der Waals surface area contributed by atoms with Crippen LogP contribution in [0.1, 0.15) is 6.23 Å². The number of benzene rings is 1. The van der Waals surface area contributed by atoms with Crippen LogP contribution in [0.5, 0.6) is 0 Å². The van der Waals surface area contributed by atoms with Gasteiger partial charge in [0.2, 0.25) is 5.82 Å². The fourth-order valence-electron chi connectivity index (χ4n) is 2.71. The molecule has 1 aliphatic heterocycles. The lowest BCUT2D eigenvalue weighted by Gasteiger charge is -2.19. The van der Waals surface area contributed by atoms with Crippen LogP contribution in [0.25, 0.3) is 0 Å². The van der Waals surface area contributed by atoms with Crippen LogP contribution < -0.4 is 22.0 Å². The summed E-state index contributed by atoms with van der Waals surface area (Å²) in [7, 11) is 0. The molecule has 1 fully saturated rings. The monoisotopic (exact) mass is 412 g/mol. The summed E-state index contributed by atoms with van der Waals surface area (Å²) >= 11 is 5.03. The third-order valence-electron chi connectivity index (χ3n) is 4.11. The second-order valence-electron chi connectivity index (χ2n) is 5.97. The molecule has 1 aromatic carbocycles. The number of thiocarbonyl (C=S) groups is 1. The second-order valence-corrected chi connectivity index (χ2v) is 6.38. The first-order valence-corrected chi connectivity index (χ1v) is 8.53. The highest BCUT2D eigenvalue weighted by Crippen LogP contribution is 2.27. The average Bonchev–Trinajstić information content (AvgIpc) is 2.97. The Morgan fingerprint density at radius 2 is 1.89 bits per heavy atom. The molecule has 0 bridgehead atoms. The van der Waals surface area contributed by atoms with Crippen molar-refractivity contribution in [1.29, 1.82) is 0 Å². The Morgan fingerprint density at radius 3 is 2.50 bits per heavy atom. The predicted octanol–water partition coefficient (Wildman–Crippen LogP) is -1.30. The summed E-state index contributed by atoms with van der Waals surface area (Å²) in [6.45, 7) is -0.630. The minimum absolute atomic E-state index is 0.163. The van der Waals surface area contributed by atoms with Gasteiger partial charge < -0.3 is 25.4 Å². The number of ether oxygens (including phenoxy) is 1. The molecule has 3 rings (SSSR count). The first kappa shape index (κ1) is 20.1. The maximum atomic E-state index is 14.1. The summed E-state index contributed by atoms with van der Waals surface area (Å²) in [4.78, 5) is 24.7. The van der Waals surface area contributed by atoms with Crippen molar-refractivity contribution in [1.82, 2.24) is 9.24 Å². The van der Waals surface area contributed by atoms with Gasteiger partial charge in [0.25, 0.3) is 0 Å². The number of aromatic nitrogens is 2. The molecule has 4 atom stereocenters. The Morgan fingerprint density at radius 1 is 1.21 bits per heavy atom. The minimum atomic E-state index is -1.63. The number of para-hydroxylation sites is 1. The minimum Gasteiger partial charge on any atom is -0.394 e. The summed E-state index contributed by atoms with van der Waals surface area (Å²) in [5.41, 5.74) is 0.449. The van der Waals surface area contributed by atoms with Gasteiger partial charge in [-0.3, -0.25) is 14.8 Å². The van der Waals surface area contributed by atoms with E-state index in [0.717, 1.165) is 0 Å². The SMILES string of the molecule is O=c1c(F)cn([C@@H]2O[C@H](CO)[C@@H](O)[C@H]2O)c(=O)n1NC(=S)Nc1ccccc1. The van der Waals surface area contributed by atoms with E-state index < -0.39 is 48.2 Å². The second kappa shape index (κ2) is 8.16. The Kier molecular flexibility index (Phi) is 5.86. The number of nitrogens with one attached hydrogen (secondary N) is 2. The van der Waals surface area contributed by atoms with Crippen LogP contribution in [0.15, 0.2) is 46.1 Å². The number of halogens is 1. The molecule has 1 saturated heterocycles. The van der Waals surface area contributed by atoms with Crippen molar-refractivity contribution in [2.75, 3.05) is 17.3 Å². The van der Waals surface area contributed by atoms with Crippen LogP contribution in [-0.4, -0.2) is 54.6 Å². The number of aliphatic hydroxyl groups is 3. The van der Waals surface area contributed by atoms with Crippen LogP contribution in [0.4, 0.5) is 10.1 Å². The molecule has 0 unspecified atom stereocenters. The summed E-state index contributed by atoms with van der Waals surface area (Å²) in [6.07, 6.45) is -5.27. The molecule has 0 amide bonds. The van der Waals surface area contributed by atoms with Crippen LogP contribution in [0.2, 0.25) is 0 Å². The molecule has 1 aromatic heterocycles. The molecule has 1 aliphatic rings. The molecule has 12 heteroatoms. The van der Waals surface area contributed by atoms with Crippen LogP contribution in [0.3, 0.4) is 0 Å². The molecule has 0 radical (unpaired) electrons. The van der Waals surface area contributed by atoms with Gasteiger partial charge in [0.05, 0.1) is 12.8 Å².